The van der Waals surface area contributed by atoms with Crippen LogP contribution in [0.1, 0.15) is 17.4 Å². The van der Waals surface area contributed by atoms with E-state index in [0.29, 0.717) is 5.69 Å². The van der Waals surface area contributed by atoms with Crippen molar-refractivity contribution >= 4 is 17.5 Å². The van der Waals surface area contributed by atoms with E-state index in [1.165, 1.54) is 29.2 Å². The summed E-state index contributed by atoms with van der Waals surface area (Å²) in [5.41, 5.74) is 5.64. The predicted molar refractivity (Wildman–Crippen MR) is 78.7 cm³/mol. The molecule has 2 aromatic rings. The lowest BCUT2D eigenvalue weighted by atomic mass is 10.1. The summed E-state index contributed by atoms with van der Waals surface area (Å²) in [6.45, 7) is 1.95. The van der Waals surface area contributed by atoms with Crippen LogP contribution in [0.2, 0.25) is 0 Å². The first-order valence-electron chi connectivity index (χ1n) is 6.46. The largest absolute Gasteiger partial charge is 0.364 e. The van der Waals surface area contributed by atoms with Crippen LogP contribution in [0, 0.1) is 11.7 Å². The second-order valence-electron chi connectivity index (χ2n) is 4.57. The van der Waals surface area contributed by atoms with Gasteiger partial charge in [0.25, 0.3) is 5.91 Å². The van der Waals surface area contributed by atoms with Crippen molar-refractivity contribution in [3.63, 3.8) is 0 Å². The predicted octanol–water partition coefficient (Wildman–Crippen LogP) is 0.125. The van der Waals surface area contributed by atoms with Crippen molar-refractivity contribution in [2.45, 2.75) is 13.5 Å². The van der Waals surface area contributed by atoms with Crippen LogP contribution in [-0.2, 0) is 11.3 Å². The van der Waals surface area contributed by atoms with E-state index >= 15 is 0 Å². The van der Waals surface area contributed by atoms with E-state index in [2.05, 4.69) is 21.3 Å². The minimum Gasteiger partial charge on any atom is -0.364 e. The van der Waals surface area contributed by atoms with Crippen molar-refractivity contribution < 1.29 is 19.2 Å². The molecule has 0 aliphatic heterocycles. The van der Waals surface area contributed by atoms with Gasteiger partial charge in [-0.2, -0.15) is 5.10 Å². The minimum atomic E-state index is -0.637. The molecule has 0 saturated carbocycles. The van der Waals surface area contributed by atoms with Gasteiger partial charge in [-0.1, -0.05) is 6.92 Å². The molecule has 0 radical (unpaired) electrons. The van der Waals surface area contributed by atoms with E-state index in [4.69, 9.17) is 10.9 Å². The van der Waals surface area contributed by atoms with Gasteiger partial charge in [-0.15, -0.1) is 0 Å². The van der Waals surface area contributed by atoms with Gasteiger partial charge < -0.3 is 16.3 Å². The van der Waals surface area contributed by atoms with E-state index in [0.717, 1.165) is 6.20 Å². The fourth-order valence-electron chi connectivity index (χ4n) is 1.68. The number of pyridine rings is 1. The van der Waals surface area contributed by atoms with Gasteiger partial charge in [0.1, 0.15) is 5.69 Å². The van der Waals surface area contributed by atoms with E-state index in [9.17, 15) is 14.0 Å². The standard InChI is InChI=1S/C13H14FN5O2.H3NO/c1-8(6-19-7-9(14)4-17-19)13(21)18-10-2-3-11(12(15)20)16-5-10;1-2/h2-5,7-8H,6H2,1H3,(H2,15,20)(H,18,21);2H,1H2/t8-;/m1./s1. The lowest BCUT2D eigenvalue weighted by Gasteiger charge is -2.12. The van der Waals surface area contributed by atoms with Crippen LogP contribution in [0.25, 0.3) is 0 Å². The second kappa shape index (κ2) is 8.56. The molecule has 2 amide bonds. The van der Waals surface area contributed by atoms with E-state index in [-0.39, 0.29) is 18.1 Å². The highest BCUT2D eigenvalue weighted by molar-refractivity contribution is 5.93. The van der Waals surface area contributed by atoms with E-state index in [1.54, 1.807) is 6.92 Å². The molecule has 2 aromatic heterocycles. The Labute approximate surface area is 131 Å². The molecule has 0 aromatic carbocycles. The number of hydrogen-bond acceptors (Lipinski definition) is 6. The molecule has 0 fully saturated rings. The van der Waals surface area contributed by atoms with Gasteiger partial charge in [0, 0.05) is 0 Å². The molecule has 0 saturated heterocycles. The molecule has 124 valence electrons. The zero-order valence-electron chi connectivity index (χ0n) is 12.3. The van der Waals surface area contributed by atoms with Crippen LogP contribution in [0.3, 0.4) is 0 Å². The third-order valence-corrected chi connectivity index (χ3v) is 2.79. The third kappa shape index (κ3) is 5.45. The Bertz CT molecular complexity index is 658. The molecule has 1 atom stereocenters. The molecule has 10 heteroatoms. The van der Waals surface area contributed by atoms with Gasteiger partial charge in [0.05, 0.1) is 36.7 Å². The number of anilines is 1. The monoisotopic (exact) mass is 324 g/mol. The molecule has 0 spiro atoms. The van der Waals surface area contributed by atoms with Crippen LogP contribution in [0.15, 0.2) is 30.7 Å². The number of rotatable bonds is 5. The first-order chi connectivity index (χ1) is 11.0. The lowest BCUT2D eigenvalue weighted by Crippen LogP contribution is -2.24. The highest BCUT2D eigenvalue weighted by Gasteiger charge is 2.15. The Balaban J connectivity index is 0.00000127. The molecule has 2 heterocycles. The topological polar surface area (TPSA) is 149 Å². The number of carbonyl (C=O) groups is 2. The Morgan fingerprint density at radius 3 is 2.57 bits per heavy atom. The molecule has 2 rings (SSSR count). The van der Waals surface area contributed by atoms with E-state index < -0.39 is 17.6 Å². The summed E-state index contributed by atoms with van der Waals surface area (Å²) < 4.78 is 14.2. The van der Waals surface area contributed by atoms with Crippen LogP contribution in [0.4, 0.5) is 10.1 Å². The fraction of sp³-hybridized carbons (Fsp3) is 0.231. The number of amides is 2. The molecule has 9 nitrogen and oxygen atoms in total. The summed E-state index contributed by atoms with van der Waals surface area (Å²) in [4.78, 5) is 26.7. The number of nitrogens with one attached hydrogen (secondary N) is 1. The number of hydrogen-bond donors (Lipinski definition) is 4. The number of halogens is 1. The van der Waals surface area contributed by atoms with Gasteiger partial charge in [-0.3, -0.25) is 14.3 Å². The Hall–Kier alpha value is -2.85. The quantitative estimate of drug-likeness (QED) is 0.574. The van der Waals surface area contributed by atoms with Gasteiger partial charge >= 0.3 is 0 Å². The fourth-order valence-corrected chi connectivity index (χ4v) is 1.68. The van der Waals surface area contributed by atoms with Crippen LogP contribution in [-0.4, -0.2) is 31.8 Å². The normalized spacial score (nSPS) is 11.1. The van der Waals surface area contributed by atoms with Crippen molar-refractivity contribution in [3.05, 3.63) is 42.2 Å². The summed E-state index contributed by atoms with van der Waals surface area (Å²) in [6, 6.07) is 2.96. The molecule has 0 unspecified atom stereocenters. The number of carbonyl (C=O) groups excluding carboxylic acids is 2. The Morgan fingerprint density at radius 2 is 2.09 bits per heavy atom. The number of nitrogens with two attached hydrogens (primary N) is 2. The minimum absolute atomic E-state index is 0.119. The van der Waals surface area contributed by atoms with Gasteiger partial charge in [-0.25, -0.2) is 15.3 Å². The molecule has 6 N–H and O–H groups in total. The van der Waals surface area contributed by atoms with Gasteiger partial charge in [0.15, 0.2) is 5.82 Å². The van der Waals surface area contributed by atoms with Gasteiger partial charge in [-0.05, 0) is 12.1 Å². The summed E-state index contributed by atoms with van der Waals surface area (Å²) in [7, 11) is 0. The molecular weight excluding hydrogens is 307 g/mol. The summed E-state index contributed by atoms with van der Waals surface area (Å²) in [5.74, 6) is 1.73. The molecule has 23 heavy (non-hydrogen) atoms. The van der Waals surface area contributed by atoms with Crippen molar-refractivity contribution in [3.8, 4) is 0 Å². The van der Waals surface area contributed by atoms with E-state index in [1.807, 2.05) is 0 Å². The molecule has 0 bridgehead atoms. The highest BCUT2D eigenvalue weighted by atomic mass is 19.1. The number of nitrogens with zero attached hydrogens (tertiary/aromatic N) is 3. The van der Waals surface area contributed by atoms with Crippen LogP contribution < -0.4 is 16.9 Å². The first kappa shape index (κ1) is 18.2. The van der Waals surface area contributed by atoms with Crippen molar-refractivity contribution in [2.75, 3.05) is 5.32 Å². The maximum atomic E-state index is 12.8. The number of aromatic nitrogens is 3. The van der Waals surface area contributed by atoms with Crippen molar-refractivity contribution in [2.24, 2.45) is 17.5 Å². The Morgan fingerprint density at radius 1 is 1.39 bits per heavy atom. The zero-order chi connectivity index (χ0) is 17.4. The summed E-state index contributed by atoms with van der Waals surface area (Å²) >= 11 is 0. The van der Waals surface area contributed by atoms with Gasteiger partial charge in [0.2, 0.25) is 5.91 Å². The third-order valence-electron chi connectivity index (χ3n) is 2.79. The maximum Gasteiger partial charge on any atom is 0.267 e. The lowest BCUT2D eigenvalue weighted by molar-refractivity contribution is -0.119. The average Bonchev–Trinajstić information content (AvgIpc) is 2.94. The first-order valence-corrected chi connectivity index (χ1v) is 6.46. The van der Waals surface area contributed by atoms with Crippen LogP contribution in [0.5, 0.6) is 0 Å². The summed E-state index contributed by atoms with van der Waals surface area (Å²) in [6.07, 6.45) is 3.64. The second-order valence-corrected chi connectivity index (χ2v) is 4.57. The number of primary amides is 1. The average molecular weight is 324 g/mol. The highest BCUT2D eigenvalue weighted by Crippen LogP contribution is 2.09. The van der Waals surface area contributed by atoms with Crippen molar-refractivity contribution in [1.29, 1.82) is 0 Å². The Kier molecular flexibility index (Phi) is 6.77. The molecule has 0 aliphatic carbocycles. The van der Waals surface area contributed by atoms with Crippen molar-refractivity contribution in [1.82, 2.24) is 14.8 Å². The molecular formula is C13H17FN6O3. The summed E-state index contributed by atoms with van der Waals surface area (Å²) in [5, 5.41) is 12.9. The molecule has 0 aliphatic rings. The maximum absolute atomic E-state index is 12.8. The SMILES string of the molecule is C[C@H](Cn1cc(F)cn1)C(=O)Nc1ccc(C(N)=O)nc1.NO. The zero-order valence-corrected chi connectivity index (χ0v) is 12.3. The smallest absolute Gasteiger partial charge is 0.267 e. The van der Waals surface area contributed by atoms with Crippen LogP contribution >= 0.6 is 0 Å².